The maximum absolute atomic E-state index is 13.7. The molecular weight excluding hydrogens is 580 g/mol. The first-order valence-electron chi connectivity index (χ1n) is 14.5. The molecule has 1 N–H and O–H groups in total. The summed E-state index contributed by atoms with van der Waals surface area (Å²) in [6, 6.07) is 13.3. The second kappa shape index (κ2) is 15.2. The number of aliphatic hydroxyl groups excluding tert-OH is 1. The van der Waals surface area contributed by atoms with Crippen molar-refractivity contribution in [1.29, 1.82) is 0 Å². The minimum Gasteiger partial charge on any atom is -0.503 e. The highest BCUT2D eigenvalue weighted by atomic mass is 32.1. The number of rotatable bonds is 15. The Bertz CT molecular complexity index is 1580. The monoisotopic (exact) mass is 616 g/mol. The van der Waals surface area contributed by atoms with E-state index in [1.54, 1.807) is 31.2 Å². The van der Waals surface area contributed by atoms with Gasteiger partial charge in [-0.3, -0.25) is 14.5 Å². The van der Waals surface area contributed by atoms with Crippen molar-refractivity contribution in [1.82, 2.24) is 4.98 Å². The van der Waals surface area contributed by atoms with Crippen LogP contribution in [0.2, 0.25) is 0 Å². The predicted molar refractivity (Wildman–Crippen MR) is 170 cm³/mol. The van der Waals surface area contributed by atoms with Gasteiger partial charge in [0.2, 0.25) is 0 Å². The first-order chi connectivity index (χ1) is 21.3. The van der Waals surface area contributed by atoms with Crippen LogP contribution in [0.3, 0.4) is 0 Å². The van der Waals surface area contributed by atoms with E-state index in [-0.39, 0.29) is 22.2 Å². The van der Waals surface area contributed by atoms with Gasteiger partial charge in [0, 0.05) is 0 Å². The van der Waals surface area contributed by atoms with E-state index in [9.17, 15) is 19.5 Å². The summed E-state index contributed by atoms with van der Waals surface area (Å²) >= 11 is 0.939. The van der Waals surface area contributed by atoms with Gasteiger partial charge in [0.25, 0.3) is 5.91 Å². The third-order valence-electron chi connectivity index (χ3n) is 6.80. The minimum atomic E-state index is -1.06. The van der Waals surface area contributed by atoms with Crippen LogP contribution in [0.4, 0.5) is 5.13 Å². The zero-order valence-electron chi connectivity index (χ0n) is 25.1. The highest BCUT2D eigenvalue weighted by Crippen LogP contribution is 2.45. The molecule has 0 radical (unpaired) electrons. The van der Waals surface area contributed by atoms with Crippen molar-refractivity contribution >= 4 is 40.2 Å². The molecule has 230 valence electrons. The Labute approximate surface area is 261 Å². The molecule has 0 bridgehead atoms. The summed E-state index contributed by atoms with van der Waals surface area (Å²) in [6.45, 7) is 10.0. The lowest BCUT2D eigenvalue weighted by Crippen LogP contribution is -2.31. The zero-order chi connectivity index (χ0) is 31.6. The number of carbonyl (C=O) groups excluding carboxylic acids is 3. The van der Waals surface area contributed by atoms with Crippen LogP contribution in [0.5, 0.6) is 11.5 Å². The highest BCUT2D eigenvalue weighted by Gasteiger charge is 2.45. The lowest BCUT2D eigenvalue weighted by atomic mass is 9.95. The zero-order valence-corrected chi connectivity index (χ0v) is 25.9. The Kier molecular flexibility index (Phi) is 11.1. The number of allylic oxidation sites excluding steroid dienone is 1. The summed E-state index contributed by atoms with van der Waals surface area (Å²) in [7, 11) is 0. The Morgan fingerprint density at radius 3 is 2.57 bits per heavy atom. The average Bonchev–Trinajstić information content (AvgIpc) is 3.54. The van der Waals surface area contributed by atoms with Gasteiger partial charge in [0.1, 0.15) is 11.5 Å². The third kappa shape index (κ3) is 7.26. The van der Waals surface area contributed by atoms with Crippen LogP contribution >= 0.6 is 11.3 Å². The maximum atomic E-state index is 13.7. The number of esters is 1. The first kappa shape index (κ1) is 32.2. The van der Waals surface area contributed by atoms with Crippen LogP contribution < -0.4 is 14.4 Å². The molecule has 9 nitrogen and oxygen atoms in total. The van der Waals surface area contributed by atoms with Crippen molar-refractivity contribution in [3.63, 3.8) is 0 Å². The number of thiazole rings is 1. The predicted octanol–water partition coefficient (Wildman–Crippen LogP) is 6.94. The number of aliphatic hydroxyl groups is 1. The summed E-state index contributed by atoms with van der Waals surface area (Å²) in [5, 5.41) is 11.3. The molecule has 1 aliphatic heterocycles. The van der Waals surface area contributed by atoms with E-state index in [0.29, 0.717) is 36.0 Å². The molecule has 0 aliphatic carbocycles. The van der Waals surface area contributed by atoms with Gasteiger partial charge < -0.3 is 19.3 Å². The fraction of sp³-hybridized carbons (Fsp3) is 0.294. The number of ketones is 1. The molecule has 0 saturated carbocycles. The number of hydrogen-bond donors (Lipinski definition) is 1. The summed E-state index contributed by atoms with van der Waals surface area (Å²) in [6.07, 6.45) is 7.37. The number of aryl methyl sites for hydroxylation is 1. The molecule has 1 aromatic heterocycles. The maximum Gasteiger partial charge on any atom is 0.350 e. The van der Waals surface area contributed by atoms with Gasteiger partial charge in [-0.05, 0) is 49.6 Å². The lowest BCUT2D eigenvalue weighted by molar-refractivity contribution is -0.117. The number of anilines is 1. The molecule has 10 heteroatoms. The number of carbonyl (C=O) groups is 3. The van der Waals surface area contributed by atoms with Gasteiger partial charge in [0.15, 0.2) is 28.2 Å². The third-order valence-corrected chi connectivity index (χ3v) is 7.93. The standard InChI is InChI=1S/C34H36N2O7S/c1-5-8-12-20-42-26-18-16-24(21-27(26)41-7-3)29-28(25(37)17-15-23-13-10-9-11-14-23)30(38)32(39)36(29)34-35-22(4)31(44-34)33(40)43-19-6-2/h6,9-11,13-18,21,29,38H,2,5,7-8,12,19-20H2,1,3-4H3/b17-15+. The summed E-state index contributed by atoms with van der Waals surface area (Å²) in [5.41, 5.74) is 1.50. The Morgan fingerprint density at radius 1 is 1.09 bits per heavy atom. The van der Waals surface area contributed by atoms with Crippen LogP contribution in [0.25, 0.3) is 6.08 Å². The SMILES string of the molecule is C=CCOC(=O)c1sc(N2C(=O)C(O)=C(C(=O)/C=C/c3ccccc3)C2c2ccc(OCCCCC)c(OCC)c2)nc1C. The Morgan fingerprint density at radius 2 is 1.86 bits per heavy atom. The molecule has 1 aliphatic rings. The van der Waals surface area contributed by atoms with E-state index in [4.69, 9.17) is 14.2 Å². The molecule has 1 unspecified atom stereocenters. The van der Waals surface area contributed by atoms with Crippen LogP contribution in [0, 0.1) is 6.92 Å². The van der Waals surface area contributed by atoms with Gasteiger partial charge >= 0.3 is 5.97 Å². The van der Waals surface area contributed by atoms with E-state index in [1.807, 2.05) is 37.3 Å². The van der Waals surface area contributed by atoms with Crippen LogP contribution in [0.15, 0.2) is 78.6 Å². The largest absolute Gasteiger partial charge is 0.503 e. The number of amides is 1. The van der Waals surface area contributed by atoms with Crippen molar-refractivity contribution in [3.8, 4) is 11.5 Å². The van der Waals surface area contributed by atoms with Gasteiger partial charge in [-0.15, -0.1) is 0 Å². The van der Waals surface area contributed by atoms with Gasteiger partial charge in [0.05, 0.1) is 30.5 Å². The average molecular weight is 617 g/mol. The topological polar surface area (TPSA) is 115 Å². The molecule has 1 amide bonds. The van der Waals surface area contributed by atoms with E-state index >= 15 is 0 Å². The Balaban J connectivity index is 1.79. The normalized spacial score (nSPS) is 14.8. The summed E-state index contributed by atoms with van der Waals surface area (Å²) < 4.78 is 17.1. The number of unbranched alkanes of at least 4 members (excludes halogenated alkanes) is 2. The molecule has 44 heavy (non-hydrogen) atoms. The van der Waals surface area contributed by atoms with E-state index in [2.05, 4.69) is 18.5 Å². The highest BCUT2D eigenvalue weighted by molar-refractivity contribution is 7.17. The van der Waals surface area contributed by atoms with Gasteiger partial charge in [-0.2, -0.15) is 0 Å². The fourth-order valence-electron chi connectivity index (χ4n) is 4.69. The van der Waals surface area contributed by atoms with Crippen molar-refractivity contribution in [2.45, 2.75) is 46.1 Å². The number of benzene rings is 2. The van der Waals surface area contributed by atoms with Crippen molar-refractivity contribution < 1.29 is 33.7 Å². The molecule has 0 saturated heterocycles. The molecule has 4 rings (SSSR count). The summed E-state index contributed by atoms with van der Waals surface area (Å²) in [5.74, 6) is -1.70. The van der Waals surface area contributed by atoms with Gasteiger partial charge in [-0.25, -0.2) is 9.78 Å². The molecule has 2 heterocycles. The smallest absolute Gasteiger partial charge is 0.350 e. The molecular formula is C34H36N2O7S. The van der Waals surface area contributed by atoms with Crippen LogP contribution in [-0.4, -0.2) is 47.6 Å². The number of nitrogens with zero attached hydrogens (tertiary/aromatic N) is 2. The molecule has 0 spiro atoms. The molecule has 3 aromatic rings. The second-order valence-corrected chi connectivity index (χ2v) is 10.9. The minimum absolute atomic E-state index is 0.0125. The van der Waals surface area contributed by atoms with E-state index in [0.717, 1.165) is 36.2 Å². The molecule has 2 aromatic carbocycles. The van der Waals surface area contributed by atoms with Gasteiger partial charge in [-0.1, -0.05) is 86.2 Å². The lowest BCUT2D eigenvalue weighted by Gasteiger charge is -2.25. The Hall–Kier alpha value is -4.70. The van der Waals surface area contributed by atoms with Crippen molar-refractivity contribution in [3.05, 3.63) is 100 Å². The van der Waals surface area contributed by atoms with Crippen LogP contribution in [-0.2, 0) is 14.3 Å². The number of hydrogen-bond acceptors (Lipinski definition) is 9. The number of aromatic nitrogens is 1. The summed E-state index contributed by atoms with van der Waals surface area (Å²) in [4.78, 5) is 45.9. The van der Waals surface area contributed by atoms with Crippen molar-refractivity contribution in [2.75, 3.05) is 24.7 Å². The quantitative estimate of drug-likeness (QED) is 0.0845. The van der Waals surface area contributed by atoms with Crippen LogP contribution in [0.1, 0.15) is 65.6 Å². The molecule has 1 atom stereocenters. The number of ether oxygens (including phenoxy) is 3. The fourth-order valence-corrected chi connectivity index (χ4v) is 5.67. The van der Waals surface area contributed by atoms with E-state index < -0.39 is 29.5 Å². The van der Waals surface area contributed by atoms with E-state index in [1.165, 1.54) is 17.1 Å². The second-order valence-electron chi connectivity index (χ2n) is 9.94. The first-order valence-corrected chi connectivity index (χ1v) is 15.3. The van der Waals surface area contributed by atoms with Crippen molar-refractivity contribution in [2.24, 2.45) is 0 Å². The molecule has 0 fully saturated rings.